The van der Waals surface area contributed by atoms with Crippen LogP contribution in [0.5, 0.6) is 0 Å². The van der Waals surface area contributed by atoms with E-state index in [1.807, 2.05) is 0 Å². The van der Waals surface area contributed by atoms with Crippen molar-refractivity contribution in [3.05, 3.63) is 0 Å². The van der Waals surface area contributed by atoms with E-state index in [4.69, 9.17) is 14.2 Å². The summed E-state index contributed by atoms with van der Waals surface area (Å²) in [4.78, 5) is 1.79. The molecule has 5 rings (SSSR count). The first-order valence-electron chi connectivity index (χ1n) is 10.5. The van der Waals surface area contributed by atoms with E-state index in [-0.39, 0.29) is 12.2 Å². The summed E-state index contributed by atoms with van der Waals surface area (Å²) in [5, 5.41) is 10.6. The Morgan fingerprint density at radius 2 is 1.92 bits per heavy atom. The van der Waals surface area contributed by atoms with Gasteiger partial charge in [-0.1, -0.05) is 6.92 Å². The van der Waals surface area contributed by atoms with E-state index in [9.17, 15) is 5.11 Å². The van der Waals surface area contributed by atoms with E-state index >= 15 is 0 Å². The number of methoxy groups -OCH3 is 1. The Morgan fingerprint density at radius 1 is 1.04 bits per heavy atom. The minimum Gasteiger partial charge on any atom is -0.390 e. The number of nitrogens with one attached hydrogen (secondary N) is 1. The van der Waals surface area contributed by atoms with Gasteiger partial charge in [0, 0.05) is 24.9 Å². The SMILES string of the molecule is COC1CC2CC[NH+]3CC4C(CCC5OCOC54)C(C)C3C2CC1O. The second kappa shape index (κ2) is 6.45. The van der Waals surface area contributed by atoms with Crippen LogP contribution in [0.3, 0.4) is 0 Å². The Balaban J connectivity index is 1.38. The van der Waals surface area contributed by atoms with Gasteiger partial charge in [0.1, 0.15) is 6.79 Å². The molecule has 0 spiro atoms. The van der Waals surface area contributed by atoms with E-state index in [1.54, 1.807) is 12.0 Å². The van der Waals surface area contributed by atoms with Gasteiger partial charge in [-0.05, 0) is 43.9 Å². The molecule has 5 nitrogen and oxygen atoms in total. The van der Waals surface area contributed by atoms with Crippen molar-refractivity contribution in [2.75, 3.05) is 27.0 Å². The Labute approximate surface area is 151 Å². The third-order valence-corrected chi connectivity index (χ3v) is 8.56. The molecule has 11 atom stereocenters. The summed E-state index contributed by atoms with van der Waals surface area (Å²) in [6.45, 7) is 5.52. The smallest absolute Gasteiger partial charge is 0.147 e. The molecular formula is C20H34NO4+. The quantitative estimate of drug-likeness (QED) is 0.720. The van der Waals surface area contributed by atoms with Gasteiger partial charge in [0.15, 0.2) is 0 Å². The highest BCUT2D eigenvalue weighted by Gasteiger charge is 2.58. The Morgan fingerprint density at radius 3 is 2.76 bits per heavy atom. The third kappa shape index (κ3) is 2.61. The van der Waals surface area contributed by atoms with Crippen LogP contribution in [0.15, 0.2) is 0 Å². The van der Waals surface area contributed by atoms with Crippen LogP contribution < -0.4 is 4.90 Å². The van der Waals surface area contributed by atoms with Gasteiger partial charge in [0.05, 0.1) is 43.5 Å². The van der Waals surface area contributed by atoms with Gasteiger partial charge in [-0.2, -0.15) is 0 Å². The molecule has 0 amide bonds. The van der Waals surface area contributed by atoms with E-state index in [1.165, 1.54) is 32.4 Å². The van der Waals surface area contributed by atoms with Crippen molar-refractivity contribution in [2.24, 2.45) is 29.6 Å². The number of aliphatic hydroxyl groups excluding tert-OH is 1. The van der Waals surface area contributed by atoms with Crippen molar-refractivity contribution in [3.8, 4) is 0 Å². The lowest BCUT2D eigenvalue weighted by Gasteiger charge is -2.57. The van der Waals surface area contributed by atoms with Crippen molar-refractivity contribution in [3.63, 3.8) is 0 Å². The molecule has 5 heteroatoms. The van der Waals surface area contributed by atoms with Crippen molar-refractivity contribution >= 4 is 0 Å². The Hall–Kier alpha value is -0.200. The van der Waals surface area contributed by atoms with Gasteiger partial charge < -0.3 is 24.2 Å². The summed E-state index contributed by atoms with van der Waals surface area (Å²) in [7, 11) is 1.75. The number of rotatable bonds is 1. The maximum Gasteiger partial charge on any atom is 0.147 e. The lowest BCUT2D eigenvalue weighted by Crippen LogP contribution is -3.21. The molecule has 2 saturated carbocycles. The number of fused-ring (bicyclic) bond motifs is 6. The van der Waals surface area contributed by atoms with Crippen LogP contribution in [0.1, 0.15) is 39.0 Å². The zero-order valence-electron chi connectivity index (χ0n) is 15.6. The van der Waals surface area contributed by atoms with Crippen molar-refractivity contribution in [1.29, 1.82) is 0 Å². The summed E-state index contributed by atoms with van der Waals surface area (Å²) in [6, 6.07) is 0.714. The number of quaternary nitrogens is 1. The van der Waals surface area contributed by atoms with E-state index in [0.29, 0.717) is 36.9 Å². The van der Waals surface area contributed by atoms with Gasteiger partial charge in [-0.15, -0.1) is 0 Å². The van der Waals surface area contributed by atoms with Gasteiger partial charge in [-0.3, -0.25) is 0 Å². The molecule has 2 aliphatic carbocycles. The Bertz CT molecular complexity index is 502. The zero-order valence-corrected chi connectivity index (χ0v) is 15.6. The number of piperidine rings is 2. The zero-order chi connectivity index (χ0) is 17.1. The average molecular weight is 352 g/mol. The van der Waals surface area contributed by atoms with Crippen molar-refractivity contribution in [2.45, 2.75) is 69.5 Å². The highest BCUT2D eigenvalue weighted by atomic mass is 16.7. The molecule has 142 valence electrons. The third-order valence-electron chi connectivity index (χ3n) is 8.56. The van der Waals surface area contributed by atoms with E-state index in [2.05, 4.69) is 6.92 Å². The predicted octanol–water partition coefficient (Wildman–Crippen LogP) is 0.463. The summed E-state index contributed by atoms with van der Waals surface area (Å²) in [5.41, 5.74) is 0. The molecule has 3 heterocycles. The number of ether oxygens (including phenoxy) is 3. The topological polar surface area (TPSA) is 52.4 Å². The predicted molar refractivity (Wildman–Crippen MR) is 92.1 cm³/mol. The van der Waals surface area contributed by atoms with Crippen LogP contribution in [-0.4, -0.2) is 62.6 Å². The fourth-order valence-corrected chi connectivity index (χ4v) is 7.48. The first-order valence-corrected chi connectivity index (χ1v) is 10.5. The molecule has 11 unspecified atom stereocenters. The first kappa shape index (κ1) is 16.9. The van der Waals surface area contributed by atoms with Crippen molar-refractivity contribution in [1.82, 2.24) is 0 Å². The molecule has 2 N–H and O–H groups in total. The van der Waals surface area contributed by atoms with Crippen LogP contribution in [0.4, 0.5) is 0 Å². The average Bonchev–Trinajstić information content (AvgIpc) is 3.10. The maximum absolute atomic E-state index is 10.6. The molecule has 0 aromatic heterocycles. The minimum absolute atomic E-state index is 0.0499. The summed E-state index contributed by atoms with van der Waals surface area (Å²) in [5.74, 6) is 3.56. The normalized spacial score (nSPS) is 58.0. The van der Waals surface area contributed by atoms with Gasteiger partial charge in [0.2, 0.25) is 0 Å². The van der Waals surface area contributed by atoms with E-state index in [0.717, 1.165) is 30.6 Å². The van der Waals surface area contributed by atoms with Crippen LogP contribution in [0, 0.1) is 29.6 Å². The van der Waals surface area contributed by atoms with Crippen LogP contribution >= 0.6 is 0 Å². The van der Waals surface area contributed by atoms with Gasteiger partial charge >= 0.3 is 0 Å². The Kier molecular flexibility index (Phi) is 4.37. The molecule has 5 fully saturated rings. The number of hydrogen-bond donors (Lipinski definition) is 2. The summed E-state index contributed by atoms with van der Waals surface area (Å²) >= 11 is 0. The lowest BCUT2D eigenvalue weighted by molar-refractivity contribution is -0.952. The van der Waals surface area contributed by atoms with Crippen molar-refractivity contribution < 1.29 is 24.2 Å². The molecule has 3 saturated heterocycles. The van der Waals surface area contributed by atoms with E-state index < -0.39 is 0 Å². The highest BCUT2D eigenvalue weighted by Crippen LogP contribution is 2.47. The standard InChI is InChI=1S/C20H33NO4/c1-11-13-3-4-17-20(25-10-24-17)15(13)9-21-6-5-12-7-18(23-2)16(22)8-14(12)19(11)21/h11-20,22H,3-10H2,1-2H3/p+1. The fourth-order valence-electron chi connectivity index (χ4n) is 7.48. The second-order valence-electron chi connectivity index (χ2n) is 9.38. The van der Waals surface area contributed by atoms with Gasteiger partial charge in [0.25, 0.3) is 0 Å². The molecule has 0 bridgehead atoms. The first-order chi connectivity index (χ1) is 12.2. The summed E-state index contributed by atoms with van der Waals surface area (Å²) < 4.78 is 17.4. The molecule has 0 aromatic carbocycles. The lowest BCUT2D eigenvalue weighted by atomic mass is 9.58. The fraction of sp³-hybridized carbons (Fsp3) is 1.00. The monoisotopic (exact) mass is 352 g/mol. The molecule has 0 aromatic rings. The molecule has 25 heavy (non-hydrogen) atoms. The number of aliphatic hydroxyl groups is 1. The van der Waals surface area contributed by atoms with Crippen LogP contribution in [-0.2, 0) is 14.2 Å². The summed E-state index contributed by atoms with van der Waals surface area (Å²) in [6.07, 6.45) is 6.19. The van der Waals surface area contributed by atoms with Gasteiger partial charge in [-0.25, -0.2) is 0 Å². The van der Waals surface area contributed by atoms with Crippen LogP contribution in [0.2, 0.25) is 0 Å². The second-order valence-corrected chi connectivity index (χ2v) is 9.38. The van der Waals surface area contributed by atoms with Crippen LogP contribution in [0.25, 0.3) is 0 Å². The molecular weight excluding hydrogens is 318 g/mol. The molecule has 0 radical (unpaired) electrons. The molecule has 3 aliphatic heterocycles. The minimum atomic E-state index is -0.280. The molecule has 5 aliphatic rings. The number of hydrogen-bond acceptors (Lipinski definition) is 4. The maximum atomic E-state index is 10.6. The highest BCUT2D eigenvalue weighted by molar-refractivity contribution is 5.00. The largest absolute Gasteiger partial charge is 0.390 e.